The molecule has 1 aliphatic rings. The van der Waals surface area contributed by atoms with Crippen molar-refractivity contribution in [2.24, 2.45) is 5.92 Å². The van der Waals surface area contributed by atoms with Crippen molar-refractivity contribution < 1.29 is 9.53 Å². The van der Waals surface area contributed by atoms with Crippen LogP contribution in [0.15, 0.2) is 66.2 Å². The van der Waals surface area contributed by atoms with Crippen LogP contribution in [0.5, 0.6) is 5.75 Å². The molecule has 5 heteroatoms. The lowest BCUT2D eigenvalue weighted by atomic mass is 9.98. The Balaban J connectivity index is 1.65. The Bertz CT molecular complexity index is 957. The van der Waals surface area contributed by atoms with Gasteiger partial charge in [0.2, 0.25) is 5.91 Å². The van der Waals surface area contributed by atoms with E-state index in [0.717, 1.165) is 50.2 Å². The number of hydrogen-bond acceptors (Lipinski definition) is 4. The number of nitrogens with zero attached hydrogens (tertiary/aromatic N) is 3. The zero-order valence-corrected chi connectivity index (χ0v) is 23.1. The Morgan fingerprint density at radius 3 is 2.22 bits per heavy atom. The van der Waals surface area contributed by atoms with Gasteiger partial charge in [-0.15, -0.1) is 0 Å². The van der Waals surface area contributed by atoms with Gasteiger partial charge in [-0.3, -0.25) is 9.69 Å². The highest BCUT2D eigenvalue weighted by Crippen LogP contribution is 2.27. The summed E-state index contributed by atoms with van der Waals surface area (Å²) >= 11 is 0. The molecule has 196 valence electrons. The van der Waals surface area contributed by atoms with Gasteiger partial charge < -0.3 is 14.5 Å². The van der Waals surface area contributed by atoms with E-state index in [1.54, 1.807) is 0 Å². The molecule has 0 aliphatic carbocycles. The molecule has 1 unspecified atom stereocenters. The van der Waals surface area contributed by atoms with E-state index >= 15 is 0 Å². The molecule has 1 atom stereocenters. The van der Waals surface area contributed by atoms with E-state index in [0.29, 0.717) is 18.6 Å². The summed E-state index contributed by atoms with van der Waals surface area (Å²) in [6.07, 6.45) is 5.16. The van der Waals surface area contributed by atoms with Gasteiger partial charge in [-0.2, -0.15) is 0 Å². The highest BCUT2D eigenvalue weighted by Gasteiger charge is 2.31. The van der Waals surface area contributed by atoms with Gasteiger partial charge in [0.1, 0.15) is 12.4 Å². The third-order valence-electron chi connectivity index (χ3n) is 6.93. The molecule has 2 aromatic carbocycles. The van der Waals surface area contributed by atoms with Crippen molar-refractivity contribution in [2.45, 2.75) is 65.6 Å². The molecule has 0 saturated carbocycles. The highest BCUT2D eigenvalue weighted by molar-refractivity contribution is 5.82. The summed E-state index contributed by atoms with van der Waals surface area (Å²) in [7, 11) is 4.04. The molecule has 0 radical (unpaired) electrons. The Hall–Kier alpha value is -2.79. The molecule has 1 heterocycles. The van der Waals surface area contributed by atoms with E-state index in [-0.39, 0.29) is 11.9 Å². The number of allylic oxidation sites excluding steroid dienone is 1. The number of benzene rings is 2. The molecule has 2 aromatic rings. The molecule has 1 fully saturated rings. The minimum absolute atomic E-state index is 0.0354. The number of amides is 1. The summed E-state index contributed by atoms with van der Waals surface area (Å²) in [5.41, 5.74) is 3.69. The highest BCUT2D eigenvalue weighted by atomic mass is 16.5. The molecule has 36 heavy (non-hydrogen) atoms. The number of carbonyl (C=O) groups is 1. The van der Waals surface area contributed by atoms with Crippen molar-refractivity contribution in [1.82, 2.24) is 9.80 Å². The maximum atomic E-state index is 13.3. The summed E-state index contributed by atoms with van der Waals surface area (Å²) in [5.74, 6) is 1.66. The maximum Gasteiger partial charge on any atom is 0.239 e. The molecule has 0 bridgehead atoms. The van der Waals surface area contributed by atoms with Gasteiger partial charge in [0, 0.05) is 31.4 Å². The predicted octanol–water partition coefficient (Wildman–Crippen LogP) is 6.01. The van der Waals surface area contributed by atoms with Crippen LogP contribution in [0.4, 0.5) is 5.69 Å². The Labute approximate surface area is 218 Å². The van der Waals surface area contributed by atoms with Gasteiger partial charge in [-0.25, -0.2) is 0 Å². The summed E-state index contributed by atoms with van der Waals surface area (Å²) in [6.45, 7) is 11.7. The number of anilines is 1. The first-order valence-electron chi connectivity index (χ1n) is 13.4. The molecular weight excluding hydrogens is 446 g/mol. The summed E-state index contributed by atoms with van der Waals surface area (Å²) in [4.78, 5) is 19.9. The summed E-state index contributed by atoms with van der Waals surface area (Å²) < 4.78 is 6.00. The lowest BCUT2D eigenvalue weighted by Crippen LogP contribution is -2.52. The topological polar surface area (TPSA) is 36.0 Å². The van der Waals surface area contributed by atoms with Crippen LogP contribution >= 0.6 is 0 Å². The van der Waals surface area contributed by atoms with Crippen LogP contribution in [0, 0.1) is 5.92 Å². The number of hydrogen-bond donors (Lipinski definition) is 0. The quantitative estimate of drug-likeness (QED) is 0.361. The van der Waals surface area contributed by atoms with E-state index in [4.69, 9.17) is 4.74 Å². The third kappa shape index (κ3) is 8.12. The molecule has 5 nitrogen and oxygen atoms in total. The number of piperidine rings is 1. The number of carbonyl (C=O) groups excluding carboxylic acids is 1. The van der Waals surface area contributed by atoms with E-state index < -0.39 is 0 Å². The van der Waals surface area contributed by atoms with Crippen molar-refractivity contribution in [1.29, 1.82) is 0 Å². The van der Waals surface area contributed by atoms with Crippen LogP contribution in [0.2, 0.25) is 0 Å². The van der Waals surface area contributed by atoms with Gasteiger partial charge in [-0.05, 0) is 83.0 Å². The van der Waals surface area contributed by atoms with Crippen LogP contribution in [-0.4, -0.2) is 61.5 Å². The van der Waals surface area contributed by atoms with E-state index in [9.17, 15) is 4.79 Å². The third-order valence-corrected chi connectivity index (χ3v) is 6.93. The normalized spacial score (nSPS) is 15.2. The second-order valence-electron chi connectivity index (χ2n) is 10.9. The van der Waals surface area contributed by atoms with Crippen LogP contribution in [0.25, 0.3) is 0 Å². The maximum absolute atomic E-state index is 13.3. The minimum Gasteiger partial charge on any atom is -0.489 e. The Morgan fingerprint density at radius 1 is 1.03 bits per heavy atom. The fourth-order valence-corrected chi connectivity index (χ4v) is 4.81. The molecule has 1 saturated heterocycles. The first kappa shape index (κ1) is 27.8. The molecule has 1 amide bonds. The molecule has 0 spiro atoms. The fraction of sp³-hybridized carbons (Fsp3) is 0.516. The van der Waals surface area contributed by atoms with Crippen LogP contribution in [-0.2, 0) is 11.4 Å². The van der Waals surface area contributed by atoms with Gasteiger partial charge in [0.05, 0.1) is 6.04 Å². The standard InChI is InChI=1S/C31H45N3O2/c1-24(2)16-21-34(27-12-14-29(15-13-27)36-23-26-10-8-7-9-11-26)28-17-19-33(20-18-28)31(35)30(32(5)6)22-25(3)4/h7-16,25,28,30H,17-23H2,1-6H3. The van der Waals surface area contributed by atoms with Crippen molar-refractivity contribution >= 4 is 11.6 Å². The Kier molecular flexibility index (Phi) is 10.4. The SMILES string of the molecule is CC(C)=CCN(c1ccc(OCc2ccccc2)cc1)C1CCN(C(=O)C(CC(C)C)N(C)C)CC1. The van der Waals surface area contributed by atoms with Gasteiger partial charge in [0.15, 0.2) is 0 Å². The minimum atomic E-state index is -0.0354. The lowest BCUT2D eigenvalue weighted by Gasteiger charge is -2.41. The molecule has 0 aromatic heterocycles. The zero-order chi connectivity index (χ0) is 26.1. The summed E-state index contributed by atoms with van der Waals surface area (Å²) in [6, 6.07) is 19.1. The second kappa shape index (κ2) is 13.5. The first-order valence-corrected chi connectivity index (χ1v) is 13.4. The zero-order valence-electron chi connectivity index (χ0n) is 23.1. The monoisotopic (exact) mass is 491 g/mol. The van der Waals surface area contributed by atoms with Crippen molar-refractivity contribution in [3.05, 3.63) is 71.8 Å². The van der Waals surface area contributed by atoms with Crippen molar-refractivity contribution in [2.75, 3.05) is 38.6 Å². The average Bonchev–Trinajstić information content (AvgIpc) is 2.87. The average molecular weight is 492 g/mol. The largest absolute Gasteiger partial charge is 0.489 e. The first-order chi connectivity index (χ1) is 17.2. The number of ether oxygens (including phenoxy) is 1. The van der Waals surface area contributed by atoms with Crippen molar-refractivity contribution in [3.63, 3.8) is 0 Å². The van der Waals surface area contributed by atoms with Crippen LogP contribution in [0.3, 0.4) is 0 Å². The van der Waals surface area contributed by atoms with Crippen LogP contribution < -0.4 is 9.64 Å². The summed E-state index contributed by atoms with van der Waals surface area (Å²) in [5, 5.41) is 0. The van der Waals surface area contributed by atoms with Gasteiger partial charge in [0.25, 0.3) is 0 Å². The van der Waals surface area contributed by atoms with Crippen molar-refractivity contribution in [3.8, 4) is 5.75 Å². The smallest absolute Gasteiger partial charge is 0.239 e. The van der Waals surface area contributed by atoms with E-state index in [1.165, 1.54) is 11.3 Å². The molecular formula is C31H45N3O2. The van der Waals surface area contributed by atoms with E-state index in [1.807, 2.05) is 32.3 Å². The van der Waals surface area contributed by atoms with Crippen LogP contribution in [0.1, 0.15) is 52.5 Å². The second-order valence-corrected chi connectivity index (χ2v) is 10.9. The predicted molar refractivity (Wildman–Crippen MR) is 151 cm³/mol. The fourth-order valence-electron chi connectivity index (χ4n) is 4.81. The number of rotatable bonds is 11. The lowest BCUT2D eigenvalue weighted by molar-refractivity contribution is -0.137. The molecule has 1 aliphatic heterocycles. The molecule has 0 N–H and O–H groups in total. The number of likely N-dealkylation sites (tertiary alicyclic amines) is 1. The van der Waals surface area contributed by atoms with Gasteiger partial charge in [-0.1, -0.05) is 55.8 Å². The number of likely N-dealkylation sites (N-methyl/N-ethyl adjacent to an activating group) is 1. The van der Waals surface area contributed by atoms with Gasteiger partial charge >= 0.3 is 0 Å². The van der Waals surface area contributed by atoms with E-state index in [2.05, 4.69) is 84.9 Å². The Morgan fingerprint density at radius 2 is 1.67 bits per heavy atom. The molecule has 3 rings (SSSR count).